The van der Waals surface area contributed by atoms with E-state index >= 15 is 0 Å². The van der Waals surface area contributed by atoms with Crippen molar-refractivity contribution in [3.8, 4) is 0 Å². The van der Waals surface area contributed by atoms with E-state index in [0.29, 0.717) is 30.4 Å². The molecule has 0 saturated carbocycles. The predicted octanol–water partition coefficient (Wildman–Crippen LogP) is 3.62. The third kappa shape index (κ3) is 3.43. The van der Waals surface area contributed by atoms with Crippen molar-refractivity contribution in [3.63, 3.8) is 0 Å². The fraction of sp³-hybridized carbons (Fsp3) is 0.261. The van der Waals surface area contributed by atoms with Crippen molar-refractivity contribution in [3.05, 3.63) is 80.9 Å². The zero-order valence-corrected chi connectivity index (χ0v) is 17.7. The van der Waals surface area contributed by atoms with Gasteiger partial charge in [0.05, 0.1) is 36.0 Å². The van der Waals surface area contributed by atoms with Gasteiger partial charge in [0.2, 0.25) is 0 Å². The van der Waals surface area contributed by atoms with E-state index in [-0.39, 0.29) is 18.2 Å². The maximum atomic E-state index is 13.4. The normalized spacial score (nSPS) is 19.4. The smallest absolute Gasteiger partial charge is 0.261 e. The van der Waals surface area contributed by atoms with Crippen molar-refractivity contribution in [2.24, 2.45) is 0 Å². The number of hydrogen-bond acceptors (Lipinski definition) is 5. The van der Waals surface area contributed by atoms with E-state index in [0.717, 1.165) is 26.5 Å². The summed E-state index contributed by atoms with van der Waals surface area (Å²) in [6.07, 6.45) is 3.79. The summed E-state index contributed by atoms with van der Waals surface area (Å²) in [5.41, 5.74) is 3.33. The molecule has 0 amide bonds. The Bertz CT molecular complexity index is 1290. The maximum absolute atomic E-state index is 13.4. The molecule has 6 nitrogen and oxygen atoms in total. The topological polar surface area (TPSA) is 77.2 Å². The van der Waals surface area contributed by atoms with Crippen LogP contribution in [-0.4, -0.2) is 39.0 Å². The minimum Gasteiger partial charge on any atom is -0.389 e. The van der Waals surface area contributed by atoms with Gasteiger partial charge in [-0.05, 0) is 48.2 Å². The molecule has 2 aromatic heterocycles. The first-order valence-corrected chi connectivity index (χ1v) is 10.7. The minimum atomic E-state index is -0.725. The molecule has 0 unspecified atom stereocenters. The molecular weight excluding hydrogens is 446 g/mol. The Morgan fingerprint density at radius 1 is 1.13 bits per heavy atom. The first kappa shape index (κ1) is 19.4. The van der Waals surface area contributed by atoms with Gasteiger partial charge in [0.25, 0.3) is 5.56 Å². The van der Waals surface area contributed by atoms with Crippen molar-refractivity contribution >= 4 is 37.7 Å². The van der Waals surface area contributed by atoms with E-state index in [4.69, 9.17) is 4.74 Å². The molecule has 0 spiro atoms. The molecule has 1 aliphatic heterocycles. The number of aliphatic hydroxyl groups is 1. The zero-order chi connectivity index (χ0) is 20.7. The van der Waals surface area contributed by atoms with E-state index < -0.39 is 6.10 Å². The average Bonchev–Trinajstić information content (AvgIpc) is 2.77. The third-order valence-corrected chi connectivity index (χ3v) is 6.21. The van der Waals surface area contributed by atoms with Crippen LogP contribution in [-0.2, 0) is 11.2 Å². The average molecular weight is 466 g/mol. The lowest BCUT2D eigenvalue weighted by atomic mass is 9.98. The summed E-state index contributed by atoms with van der Waals surface area (Å²) in [5.74, 6) is 0. The van der Waals surface area contributed by atoms with Gasteiger partial charge in [-0.1, -0.05) is 34.1 Å². The molecule has 5 rings (SSSR count). The zero-order valence-electron chi connectivity index (χ0n) is 16.2. The van der Waals surface area contributed by atoms with Gasteiger partial charge in [-0.3, -0.25) is 14.3 Å². The van der Waals surface area contributed by atoms with Crippen molar-refractivity contribution < 1.29 is 9.84 Å². The molecule has 0 aliphatic carbocycles. The second kappa shape index (κ2) is 7.91. The first-order valence-electron chi connectivity index (χ1n) is 9.89. The van der Waals surface area contributed by atoms with Crippen LogP contribution in [0.2, 0.25) is 0 Å². The fourth-order valence-corrected chi connectivity index (χ4v) is 4.41. The molecule has 7 heteroatoms. The van der Waals surface area contributed by atoms with Crippen molar-refractivity contribution in [1.82, 2.24) is 14.5 Å². The van der Waals surface area contributed by atoms with E-state index in [2.05, 4.69) is 38.0 Å². The quantitative estimate of drug-likeness (QED) is 0.467. The highest BCUT2D eigenvalue weighted by atomic mass is 79.9. The highest BCUT2D eigenvalue weighted by Gasteiger charge is 2.27. The number of halogens is 1. The van der Waals surface area contributed by atoms with Crippen molar-refractivity contribution in [2.75, 3.05) is 13.2 Å². The van der Waals surface area contributed by atoms with E-state index in [9.17, 15) is 9.90 Å². The summed E-state index contributed by atoms with van der Waals surface area (Å²) >= 11 is 3.47. The van der Waals surface area contributed by atoms with Crippen molar-refractivity contribution in [1.29, 1.82) is 0 Å². The molecule has 2 aromatic carbocycles. The number of ether oxygens (including phenoxy) is 1. The van der Waals surface area contributed by atoms with Gasteiger partial charge in [0, 0.05) is 22.7 Å². The molecule has 1 N–H and O–H groups in total. The van der Waals surface area contributed by atoms with Gasteiger partial charge in [-0.2, -0.15) is 0 Å². The Labute approximate surface area is 181 Å². The van der Waals surface area contributed by atoms with Gasteiger partial charge in [-0.25, -0.2) is 4.98 Å². The highest BCUT2D eigenvalue weighted by Crippen LogP contribution is 2.27. The van der Waals surface area contributed by atoms with Crippen LogP contribution >= 0.6 is 15.9 Å². The van der Waals surface area contributed by atoms with Crippen LogP contribution in [0.3, 0.4) is 0 Å². The highest BCUT2D eigenvalue weighted by molar-refractivity contribution is 9.10. The van der Waals surface area contributed by atoms with Crippen LogP contribution in [0.15, 0.2) is 64.3 Å². The summed E-state index contributed by atoms with van der Waals surface area (Å²) in [7, 11) is 0. The van der Waals surface area contributed by atoms with Crippen molar-refractivity contribution in [2.45, 2.75) is 25.0 Å². The fourth-order valence-electron chi connectivity index (χ4n) is 4.15. The van der Waals surface area contributed by atoms with E-state index in [1.54, 1.807) is 10.8 Å². The van der Waals surface area contributed by atoms with Crippen LogP contribution in [0.4, 0.5) is 0 Å². The van der Waals surface area contributed by atoms with Crippen LogP contribution in [0, 0.1) is 0 Å². The number of aliphatic hydroxyl groups excluding tert-OH is 1. The summed E-state index contributed by atoms with van der Waals surface area (Å²) in [4.78, 5) is 22.5. The van der Waals surface area contributed by atoms with Gasteiger partial charge in [0.15, 0.2) is 0 Å². The lowest BCUT2D eigenvalue weighted by molar-refractivity contribution is -0.0395. The standard InChI is InChI=1S/C23H20BrN3O3/c24-16-5-3-14(4-6-16)10-15-11-18-22(21-17(15)2-1-8-25-21)26-13-27(23(18)29)19-7-9-30-12-20(19)28/h1-6,8,11,13,19-20,28H,7,9-10,12H2/t19-,20-/m0/s1. The van der Waals surface area contributed by atoms with Crippen LogP contribution in [0.25, 0.3) is 21.8 Å². The molecule has 0 bridgehead atoms. The number of pyridine rings is 1. The lowest BCUT2D eigenvalue weighted by Gasteiger charge is -2.29. The Hall–Kier alpha value is -2.61. The summed E-state index contributed by atoms with van der Waals surface area (Å²) in [5, 5.41) is 11.8. The molecule has 3 heterocycles. The largest absolute Gasteiger partial charge is 0.389 e. The monoisotopic (exact) mass is 465 g/mol. The number of rotatable bonds is 3. The van der Waals surface area contributed by atoms with Crippen LogP contribution < -0.4 is 5.56 Å². The van der Waals surface area contributed by atoms with Crippen LogP contribution in [0.1, 0.15) is 23.6 Å². The predicted molar refractivity (Wildman–Crippen MR) is 119 cm³/mol. The van der Waals surface area contributed by atoms with Gasteiger partial charge in [0.1, 0.15) is 5.52 Å². The number of benzene rings is 2. The van der Waals surface area contributed by atoms with Gasteiger partial charge in [-0.15, -0.1) is 0 Å². The molecule has 4 aromatic rings. The molecule has 1 fully saturated rings. The van der Waals surface area contributed by atoms with E-state index in [1.165, 1.54) is 6.33 Å². The number of hydrogen-bond donors (Lipinski definition) is 1. The molecule has 0 radical (unpaired) electrons. The molecule has 1 aliphatic rings. The Balaban J connectivity index is 1.70. The van der Waals surface area contributed by atoms with Crippen LogP contribution in [0.5, 0.6) is 0 Å². The Morgan fingerprint density at radius 3 is 2.73 bits per heavy atom. The number of nitrogens with zero attached hydrogens (tertiary/aromatic N) is 3. The van der Waals surface area contributed by atoms with E-state index in [1.807, 2.05) is 30.3 Å². The molecular formula is C23H20BrN3O3. The molecule has 152 valence electrons. The Kier molecular flexibility index (Phi) is 5.10. The summed E-state index contributed by atoms with van der Waals surface area (Å²) in [6.45, 7) is 0.740. The molecule has 30 heavy (non-hydrogen) atoms. The van der Waals surface area contributed by atoms with Gasteiger partial charge < -0.3 is 9.84 Å². The SMILES string of the molecule is O=c1c2cc(Cc3ccc(Br)cc3)c3cccnc3c2ncn1[C@H]1CCOC[C@@H]1O. The third-order valence-electron chi connectivity index (χ3n) is 5.68. The Morgan fingerprint density at radius 2 is 1.93 bits per heavy atom. The number of aromatic nitrogens is 3. The molecule has 1 saturated heterocycles. The summed E-state index contributed by atoms with van der Waals surface area (Å²) in [6, 6.07) is 13.7. The second-order valence-corrected chi connectivity index (χ2v) is 8.51. The minimum absolute atomic E-state index is 0.157. The maximum Gasteiger partial charge on any atom is 0.261 e. The van der Waals surface area contributed by atoms with Gasteiger partial charge >= 0.3 is 0 Å². The second-order valence-electron chi connectivity index (χ2n) is 7.59. The number of fused-ring (bicyclic) bond motifs is 3. The first-order chi connectivity index (χ1) is 14.6. The molecule has 2 atom stereocenters. The summed E-state index contributed by atoms with van der Waals surface area (Å²) < 4.78 is 7.89. The lowest BCUT2D eigenvalue weighted by Crippen LogP contribution is -2.39.